The zero-order chi connectivity index (χ0) is 21.6. The molecule has 0 saturated heterocycles. The van der Waals surface area contributed by atoms with Crippen LogP contribution in [0.3, 0.4) is 0 Å². The molecule has 3 aromatic rings. The first kappa shape index (κ1) is 22.0. The van der Waals surface area contributed by atoms with E-state index in [4.69, 9.17) is 46.4 Å². The molecular formula is C19H12Cl4O5S. The first-order chi connectivity index (χ1) is 13.5. The van der Waals surface area contributed by atoms with Crippen LogP contribution < -0.4 is 0 Å². The molecule has 0 aliphatic carbocycles. The molecule has 0 radical (unpaired) electrons. The summed E-state index contributed by atoms with van der Waals surface area (Å²) in [5.74, 6) is -1.20. The van der Waals surface area contributed by atoms with Gasteiger partial charge < -0.3 is 10.2 Å². The number of halogens is 4. The summed E-state index contributed by atoms with van der Waals surface area (Å²) in [5, 5.41) is 20.8. The summed E-state index contributed by atoms with van der Waals surface area (Å²) >= 11 is 24.6. The zero-order valence-electron chi connectivity index (χ0n) is 14.3. The lowest BCUT2D eigenvalue weighted by molar-refractivity contribution is 0.428. The molecule has 1 unspecified atom stereocenters. The summed E-state index contributed by atoms with van der Waals surface area (Å²) in [4.78, 5) is 0. The van der Waals surface area contributed by atoms with E-state index < -0.39 is 31.9 Å². The predicted molar refractivity (Wildman–Crippen MR) is 114 cm³/mol. The maximum Gasteiger partial charge on any atom is 0.283 e. The van der Waals surface area contributed by atoms with Crippen molar-refractivity contribution in [2.45, 2.75) is 4.75 Å². The Morgan fingerprint density at radius 1 is 0.759 bits per heavy atom. The van der Waals surface area contributed by atoms with Crippen molar-refractivity contribution in [3.63, 3.8) is 0 Å². The highest BCUT2D eigenvalue weighted by Gasteiger charge is 2.54. The first-order valence-electron chi connectivity index (χ1n) is 7.90. The second-order valence-electron chi connectivity index (χ2n) is 6.05. The van der Waals surface area contributed by atoms with Gasteiger partial charge in [0.1, 0.15) is 11.5 Å². The summed E-state index contributed by atoms with van der Waals surface area (Å²) in [7, 11) is -5.20. The van der Waals surface area contributed by atoms with Crippen LogP contribution in [0.1, 0.15) is 16.7 Å². The van der Waals surface area contributed by atoms with Crippen LogP contribution in [0.5, 0.6) is 11.5 Å². The zero-order valence-corrected chi connectivity index (χ0v) is 18.1. The van der Waals surface area contributed by atoms with Gasteiger partial charge in [0.25, 0.3) is 10.1 Å². The van der Waals surface area contributed by atoms with Crippen molar-refractivity contribution in [3.05, 3.63) is 91.4 Å². The van der Waals surface area contributed by atoms with E-state index in [2.05, 4.69) is 0 Å². The Hall–Kier alpha value is -1.67. The van der Waals surface area contributed by atoms with Gasteiger partial charge in [-0.3, -0.25) is 4.55 Å². The topological polar surface area (TPSA) is 94.8 Å². The second kappa shape index (κ2) is 7.87. The van der Waals surface area contributed by atoms with E-state index in [-0.39, 0.29) is 31.2 Å². The van der Waals surface area contributed by atoms with Crippen LogP contribution in [0, 0.1) is 0 Å². The van der Waals surface area contributed by atoms with Crippen molar-refractivity contribution in [1.29, 1.82) is 0 Å². The Morgan fingerprint density at radius 3 is 1.97 bits per heavy atom. The molecule has 0 bridgehead atoms. The fourth-order valence-electron chi connectivity index (χ4n) is 3.24. The average Bonchev–Trinajstić information content (AvgIpc) is 2.62. The third kappa shape index (κ3) is 3.54. The number of para-hydroxylation sites is 1. The Bertz CT molecular complexity index is 1210. The molecule has 0 amide bonds. The highest BCUT2D eigenvalue weighted by Crippen LogP contribution is 2.54. The van der Waals surface area contributed by atoms with Crippen LogP contribution in [-0.2, 0) is 14.9 Å². The van der Waals surface area contributed by atoms with Gasteiger partial charge in [-0.05, 0) is 30.3 Å². The molecule has 0 heterocycles. The van der Waals surface area contributed by atoms with Gasteiger partial charge in [-0.1, -0.05) is 70.7 Å². The van der Waals surface area contributed by atoms with E-state index >= 15 is 0 Å². The lowest BCUT2D eigenvalue weighted by Gasteiger charge is -2.34. The van der Waals surface area contributed by atoms with Crippen LogP contribution in [0.25, 0.3) is 0 Å². The molecule has 152 valence electrons. The molecule has 3 aromatic carbocycles. The summed E-state index contributed by atoms with van der Waals surface area (Å²) < 4.78 is 33.9. The van der Waals surface area contributed by atoms with E-state index in [9.17, 15) is 23.2 Å². The Labute approximate surface area is 186 Å². The molecule has 0 aromatic heterocycles. The lowest BCUT2D eigenvalue weighted by Crippen LogP contribution is -2.39. The number of aromatic hydroxyl groups is 2. The SMILES string of the molecule is O=S(=O)(O)C(c1ccccc1O)(c1ccc(Cl)cc1Cl)c1c(Cl)ccc(Cl)c1O. The summed E-state index contributed by atoms with van der Waals surface area (Å²) in [5.41, 5.74) is -0.974. The van der Waals surface area contributed by atoms with Gasteiger partial charge in [-0.25, -0.2) is 0 Å². The summed E-state index contributed by atoms with van der Waals surface area (Å²) in [6, 6.07) is 11.7. The van der Waals surface area contributed by atoms with Gasteiger partial charge in [-0.15, -0.1) is 0 Å². The standard InChI is InChI=1S/C19H12Cl4O5S/c20-10-5-6-11(15(23)9-10)19(29(26,27)28,12-3-1-2-4-16(12)24)17-13(21)7-8-14(22)18(17)25/h1-9,24-25H,(H,26,27,28). The van der Waals surface area contributed by atoms with Crippen LogP contribution in [0.15, 0.2) is 54.6 Å². The lowest BCUT2D eigenvalue weighted by atomic mass is 9.82. The van der Waals surface area contributed by atoms with Crippen molar-refractivity contribution in [3.8, 4) is 11.5 Å². The van der Waals surface area contributed by atoms with Crippen molar-refractivity contribution >= 4 is 56.5 Å². The molecule has 1 atom stereocenters. The maximum absolute atomic E-state index is 13.0. The predicted octanol–water partition coefficient (Wildman–Crippen LogP) is 5.89. The van der Waals surface area contributed by atoms with Crippen LogP contribution in [0.4, 0.5) is 0 Å². The van der Waals surface area contributed by atoms with Crippen molar-refractivity contribution in [2.75, 3.05) is 0 Å². The minimum atomic E-state index is -5.20. The van der Waals surface area contributed by atoms with Crippen molar-refractivity contribution < 1.29 is 23.2 Å². The summed E-state index contributed by atoms with van der Waals surface area (Å²) in [6.07, 6.45) is 0. The third-order valence-electron chi connectivity index (χ3n) is 4.41. The van der Waals surface area contributed by atoms with E-state index in [1.165, 1.54) is 54.6 Å². The smallest absolute Gasteiger partial charge is 0.283 e. The molecule has 29 heavy (non-hydrogen) atoms. The molecule has 3 N–H and O–H groups in total. The number of benzene rings is 3. The van der Waals surface area contributed by atoms with Gasteiger partial charge in [0.2, 0.25) is 0 Å². The fourth-order valence-corrected chi connectivity index (χ4v) is 5.73. The molecule has 0 fully saturated rings. The quantitative estimate of drug-likeness (QED) is 0.311. The minimum absolute atomic E-state index is 0.158. The number of phenols is 2. The third-order valence-corrected chi connectivity index (χ3v) is 7.00. The van der Waals surface area contributed by atoms with E-state index in [1.54, 1.807) is 0 Å². The Balaban J connectivity index is 2.68. The Morgan fingerprint density at radius 2 is 1.38 bits per heavy atom. The van der Waals surface area contributed by atoms with Crippen molar-refractivity contribution in [1.82, 2.24) is 0 Å². The molecular weight excluding hydrogens is 482 g/mol. The van der Waals surface area contributed by atoms with Gasteiger partial charge in [0.05, 0.1) is 5.02 Å². The van der Waals surface area contributed by atoms with E-state index in [0.29, 0.717) is 0 Å². The largest absolute Gasteiger partial charge is 0.508 e. The van der Waals surface area contributed by atoms with Crippen LogP contribution in [0.2, 0.25) is 20.1 Å². The van der Waals surface area contributed by atoms with Crippen LogP contribution in [-0.4, -0.2) is 23.2 Å². The fraction of sp³-hybridized carbons (Fsp3) is 0.0526. The molecule has 0 aliphatic rings. The van der Waals surface area contributed by atoms with Gasteiger partial charge in [-0.2, -0.15) is 8.42 Å². The molecule has 0 saturated carbocycles. The molecule has 3 rings (SSSR count). The molecule has 5 nitrogen and oxygen atoms in total. The highest BCUT2D eigenvalue weighted by molar-refractivity contribution is 7.87. The van der Waals surface area contributed by atoms with Crippen molar-refractivity contribution in [2.24, 2.45) is 0 Å². The number of phenolic OH excluding ortho intramolecular Hbond substituents is 2. The average molecular weight is 494 g/mol. The normalized spacial score (nSPS) is 13.8. The van der Waals surface area contributed by atoms with Gasteiger partial charge in [0.15, 0.2) is 4.75 Å². The molecule has 10 heteroatoms. The maximum atomic E-state index is 13.0. The molecule has 0 aliphatic heterocycles. The number of rotatable bonds is 4. The molecule has 0 spiro atoms. The van der Waals surface area contributed by atoms with E-state index in [1.807, 2.05) is 0 Å². The first-order valence-corrected chi connectivity index (χ1v) is 10.9. The highest BCUT2D eigenvalue weighted by atomic mass is 35.5. The number of hydrogen-bond acceptors (Lipinski definition) is 4. The number of hydrogen-bond donors (Lipinski definition) is 3. The van der Waals surface area contributed by atoms with Crippen LogP contribution >= 0.6 is 46.4 Å². The Kier molecular flexibility index (Phi) is 5.98. The van der Waals surface area contributed by atoms with Gasteiger partial charge in [0, 0.05) is 31.8 Å². The summed E-state index contributed by atoms with van der Waals surface area (Å²) in [6.45, 7) is 0. The second-order valence-corrected chi connectivity index (χ2v) is 9.27. The monoisotopic (exact) mass is 492 g/mol. The van der Waals surface area contributed by atoms with E-state index in [0.717, 1.165) is 0 Å². The van der Waals surface area contributed by atoms with Gasteiger partial charge >= 0.3 is 0 Å². The minimum Gasteiger partial charge on any atom is -0.508 e.